The monoisotopic (exact) mass is 211 g/mol. The van der Waals surface area contributed by atoms with Crippen LogP contribution in [-0.4, -0.2) is 12.7 Å². The maximum Gasteiger partial charge on any atom is 0.235 e. The Kier molecular flexibility index (Phi) is 2.47. The van der Waals surface area contributed by atoms with Gasteiger partial charge in [0.25, 0.3) is 0 Å². The predicted molar refractivity (Wildman–Crippen MR) is 47.3 cm³/mol. The molecule has 1 atom stereocenters. The first kappa shape index (κ1) is 9.80. The first-order valence-electron chi connectivity index (χ1n) is 4.41. The van der Waals surface area contributed by atoms with Crippen molar-refractivity contribution < 1.29 is 18.3 Å². The van der Waals surface area contributed by atoms with E-state index in [1.54, 1.807) is 0 Å². The zero-order valence-corrected chi connectivity index (χ0v) is 7.67. The van der Waals surface area contributed by atoms with Gasteiger partial charge in [-0.3, -0.25) is 0 Å². The van der Waals surface area contributed by atoms with Crippen LogP contribution in [0.2, 0.25) is 0 Å². The summed E-state index contributed by atoms with van der Waals surface area (Å²) in [6, 6.07) is 1.31. The van der Waals surface area contributed by atoms with Crippen molar-refractivity contribution in [3.05, 3.63) is 29.3 Å². The quantitative estimate of drug-likeness (QED) is 0.527. The fourth-order valence-corrected chi connectivity index (χ4v) is 1.61. The Hall–Kier alpha value is -1.74. The molecule has 78 valence electrons. The molecule has 1 heterocycles. The van der Waals surface area contributed by atoms with Crippen LogP contribution in [0.5, 0.6) is 5.75 Å². The molecule has 0 unspecified atom stereocenters. The molecule has 0 aromatic heterocycles. The van der Waals surface area contributed by atoms with Crippen LogP contribution in [0.1, 0.15) is 18.0 Å². The third-order valence-electron chi connectivity index (χ3n) is 2.24. The molecule has 0 radical (unpaired) electrons. The smallest absolute Gasteiger partial charge is 0.235 e. The molecule has 3 nitrogen and oxygen atoms in total. The summed E-state index contributed by atoms with van der Waals surface area (Å²) in [5, 5.41) is 0. The number of carbonyl (C=O) groups excluding carboxylic acids is 1. The summed E-state index contributed by atoms with van der Waals surface area (Å²) < 4.78 is 31.2. The van der Waals surface area contributed by atoms with Crippen LogP contribution < -0.4 is 4.74 Å². The maximum atomic E-state index is 13.2. The zero-order valence-electron chi connectivity index (χ0n) is 7.67. The Labute approximate surface area is 84.4 Å². The van der Waals surface area contributed by atoms with Gasteiger partial charge in [-0.05, 0) is 6.07 Å². The van der Waals surface area contributed by atoms with Crippen molar-refractivity contribution in [2.45, 2.75) is 12.5 Å². The van der Waals surface area contributed by atoms with E-state index in [4.69, 9.17) is 4.74 Å². The normalized spacial score (nSPS) is 18.7. The molecule has 0 fully saturated rings. The summed E-state index contributed by atoms with van der Waals surface area (Å²) in [5.74, 6) is -1.50. The molecule has 0 bridgehead atoms. The number of nitrogens with zero attached hydrogens (tertiary/aromatic N) is 1. The van der Waals surface area contributed by atoms with E-state index in [0.29, 0.717) is 6.42 Å². The number of benzene rings is 1. The van der Waals surface area contributed by atoms with Crippen LogP contribution in [0.3, 0.4) is 0 Å². The van der Waals surface area contributed by atoms with Crippen molar-refractivity contribution in [2.75, 3.05) is 6.61 Å². The Morgan fingerprint density at radius 3 is 3.00 bits per heavy atom. The molecule has 5 heteroatoms. The standard InChI is InChI=1S/C10H7F2NO2/c11-6-3-7-9(13-5-14)1-2-15-10(7)8(12)4-6/h3-4,9H,1-2H2/t9-/m0/s1. The lowest BCUT2D eigenvalue weighted by Gasteiger charge is -2.22. The molecule has 0 saturated carbocycles. The van der Waals surface area contributed by atoms with Crippen molar-refractivity contribution in [2.24, 2.45) is 4.99 Å². The van der Waals surface area contributed by atoms with Crippen molar-refractivity contribution in [1.82, 2.24) is 0 Å². The molecule has 0 spiro atoms. The average molecular weight is 211 g/mol. The summed E-state index contributed by atoms with van der Waals surface area (Å²) in [6.07, 6.45) is 1.81. The second kappa shape index (κ2) is 3.79. The average Bonchev–Trinajstić information content (AvgIpc) is 2.19. The number of hydrogen-bond donors (Lipinski definition) is 0. The zero-order chi connectivity index (χ0) is 10.8. The summed E-state index contributed by atoms with van der Waals surface area (Å²) in [6.45, 7) is 0.255. The van der Waals surface area contributed by atoms with Crippen LogP contribution in [0.15, 0.2) is 17.1 Å². The minimum absolute atomic E-state index is 0.0216. The molecule has 1 aromatic rings. The van der Waals surface area contributed by atoms with Gasteiger partial charge in [0.15, 0.2) is 11.6 Å². The van der Waals surface area contributed by atoms with Gasteiger partial charge in [-0.2, -0.15) is 4.99 Å². The van der Waals surface area contributed by atoms with E-state index in [-0.39, 0.29) is 17.9 Å². The summed E-state index contributed by atoms with van der Waals surface area (Å²) in [5.41, 5.74) is 0.266. The van der Waals surface area contributed by atoms with Crippen LogP contribution in [0.4, 0.5) is 8.78 Å². The first-order valence-corrected chi connectivity index (χ1v) is 4.41. The summed E-state index contributed by atoms with van der Waals surface area (Å²) >= 11 is 0. The number of ether oxygens (including phenoxy) is 1. The number of aliphatic imine (C=N–C) groups is 1. The lowest BCUT2D eigenvalue weighted by molar-refractivity contribution is 0.254. The fraction of sp³-hybridized carbons (Fsp3) is 0.300. The van der Waals surface area contributed by atoms with E-state index in [2.05, 4.69) is 4.99 Å². The SMILES string of the molecule is O=C=N[C@H]1CCOc2c(F)cc(F)cc21. The van der Waals surface area contributed by atoms with Crippen molar-refractivity contribution >= 4 is 6.08 Å². The Morgan fingerprint density at radius 1 is 1.47 bits per heavy atom. The number of isocyanates is 1. The van der Waals surface area contributed by atoms with Gasteiger partial charge in [0.2, 0.25) is 6.08 Å². The Bertz CT molecular complexity index is 441. The largest absolute Gasteiger partial charge is 0.490 e. The lowest BCUT2D eigenvalue weighted by atomic mass is 10.0. The van der Waals surface area contributed by atoms with E-state index >= 15 is 0 Å². The highest BCUT2D eigenvalue weighted by Crippen LogP contribution is 2.36. The third-order valence-corrected chi connectivity index (χ3v) is 2.24. The van der Waals surface area contributed by atoms with Crippen LogP contribution >= 0.6 is 0 Å². The van der Waals surface area contributed by atoms with Gasteiger partial charge in [0.1, 0.15) is 5.82 Å². The lowest BCUT2D eigenvalue weighted by Crippen LogP contribution is -2.14. The molecule has 0 amide bonds. The second-order valence-electron chi connectivity index (χ2n) is 3.18. The van der Waals surface area contributed by atoms with Crippen LogP contribution in [-0.2, 0) is 4.79 Å². The van der Waals surface area contributed by atoms with E-state index in [1.165, 1.54) is 6.08 Å². The Morgan fingerprint density at radius 2 is 2.27 bits per heavy atom. The minimum Gasteiger partial charge on any atom is -0.490 e. The van der Waals surface area contributed by atoms with Gasteiger partial charge in [0.05, 0.1) is 12.6 Å². The van der Waals surface area contributed by atoms with Gasteiger partial charge < -0.3 is 4.74 Å². The van der Waals surface area contributed by atoms with Gasteiger partial charge in [-0.15, -0.1) is 0 Å². The molecule has 1 aliphatic heterocycles. The predicted octanol–water partition coefficient (Wildman–Crippen LogP) is 2.12. The van der Waals surface area contributed by atoms with Crippen molar-refractivity contribution in [1.29, 1.82) is 0 Å². The molecule has 0 saturated heterocycles. The fourth-order valence-electron chi connectivity index (χ4n) is 1.61. The Balaban J connectivity index is 2.55. The minimum atomic E-state index is -0.768. The van der Waals surface area contributed by atoms with Crippen molar-refractivity contribution in [3.63, 3.8) is 0 Å². The molecule has 1 aliphatic rings. The van der Waals surface area contributed by atoms with Gasteiger partial charge in [-0.25, -0.2) is 13.6 Å². The topological polar surface area (TPSA) is 38.7 Å². The van der Waals surface area contributed by atoms with Gasteiger partial charge in [-0.1, -0.05) is 0 Å². The van der Waals surface area contributed by atoms with E-state index in [9.17, 15) is 13.6 Å². The third kappa shape index (κ3) is 1.74. The van der Waals surface area contributed by atoms with Crippen LogP contribution in [0, 0.1) is 11.6 Å². The summed E-state index contributed by atoms with van der Waals surface area (Å²) in [4.78, 5) is 13.6. The summed E-state index contributed by atoms with van der Waals surface area (Å²) in [7, 11) is 0. The number of halogens is 2. The molecule has 15 heavy (non-hydrogen) atoms. The van der Waals surface area contributed by atoms with E-state index in [1.807, 2.05) is 0 Å². The molecule has 0 N–H and O–H groups in total. The van der Waals surface area contributed by atoms with E-state index in [0.717, 1.165) is 12.1 Å². The van der Waals surface area contributed by atoms with Crippen molar-refractivity contribution in [3.8, 4) is 5.75 Å². The highest BCUT2D eigenvalue weighted by atomic mass is 19.1. The highest BCUT2D eigenvalue weighted by molar-refractivity contribution is 5.42. The molecule has 0 aliphatic carbocycles. The van der Waals surface area contributed by atoms with Crippen LogP contribution in [0.25, 0.3) is 0 Å². The molecule has 1 aromatic carbocycles. The van der Waals surface area contributed by atoms with Gasteiger partial charge >= 0.3 is 0 Å². The molecular weight excluding hydrogens is 204 g/mol. The first-order chi connectivity index (χ1) is 7.22. The van der Waals surface area contributed by atoms with E-state index < -0.39 is 17.7 Å². The molecular formula is C10H7F2NO2. The number of rotatable bonds is 1. The maximum absolute atomic E-state index is 13.2. The second-order valence-corrected chi connectivity index (χ2v) is 3.18. The number of fused-ring (bicyclic) bond motifs is 1. The molecule has 2 rings (SSSR count). The van der Waals surface area contributed by atoms with Gasteiger partial charge in [0, 0.05) is 18.1 Å². The highest BCUT2D eigenvalue weighted by Gasteiger charge is 2.24. The number of hydrogen-bond acceptors (Lipinski definition) is 3.